The van der Waals surface area contributed by atoms with E-state index in [9.17, 15) is 14.7 Å². The number of alkyl halides is 1. The molecule has 2 aromatic heterocycles. The van der Waals surface area contributed by atoms with E-state index in [2.05, 4.69) is 59.8 Å². The number of aromatic amines is 2. The van der Waals surface area contributed by atoms with Crippen LogP contribution in [0.5, 0.6) is 23.0 Å². The number of nitrogens with one attached hydrogen (secondary N) is 2. The van der Waals surface area contributed by atoms with Gasteiger partial charge in [-0.2, -0.15) is 0 Å². The maximum atomic E-state index is 14.3. The van der Waals surface area contributed by atoms with Crippen molar-refractivity contribution in [2.45, 2.75) is 51.7 Å². The van der Waals surface area contributed by atoms with E-state index < -0.39 is 14.3 Å². The third kappa shape index (κ3) is 4.84. The Morgan fingerprint density at radius 2 is 1.70 bits per heavy atom. The number of rotatable bonds is 8. The summed E-state index contributed by atoms with van der Waals surface area (Å²) < 4.78 is 23.5. The van der Waals surface area contributed by atoms with Crippen LogP contribution >= 0.6 is 15.9 Å². The molecule has 12 heteroatoms. The Labute approximate surface area is 259 Å². The minimum atomic E-state index is -2.34. The third-order valence-electron chi connectivity index (χ3n) is 8.82. The molecule has 0 bridgehead atoms. The maximum absolute atomic E-state index is 14.3. The highest BCUT2D eigenvalue weighted by Crippen LogP contribution is 2.50. The number of ether oxygens (including phenoxy) is 3. The van der Waals surface area contributed by atoms with Crippen LogP contribution in [0.3, 0.4) is 0 Å². The number of aromatic nitrogens is 2. The summed E-state index contributed by atoms with van der Waals surface area (Å²) in [7, 11) is 2.26. The van der Waals surface area contributed by atoms with Crippen LogP contribution in [0.25, 0.3) is 21.8 Å². The van der Waals surface area contributed by atoms with Gasteiger partial charge in [-0.25, -0.2) is 4.79 Å². The van der Waals surface area contributed by atoms with E-state index in [0.717, 1.165) is 10.9 Å². The van der Waals surface area contributed by atoms with Crippen molar-refractivity contribution in [3.8, 4) is 23.0 Å². The lowest BCUT2D eigenvalue weighted by Gasteiger charge is -2.36. The summed E-state index contributed by atoms with van der Waals surface area (Å²) in [6, 6.07) is 5.45. The van der Waals surface area contributed by atoms with Crippen LogP contribution in [0.15, 0.2) is 18.2 Å². The second kappa shape index (κ2) is 10.8. The number of carbonyl (C=O) groups is 2. The molecule has 230 valence electrons. The highest BCUT2D eigenvalue weighted by Gasteiger charge is 2.42. The molecule has 4 aromatic rings. The monoisotopic (exact) mass is 671 g/mol. The van der Waals surface area contributed by atoms with Crippen molar-refractivity contribution in [3.63, 3.8) is 0 Å². The second-order valence-corrected chi connectivity index (χ2v) is 17.8. The van der Waals surface area contributed by atoms with Gasteiger partial charge in [-0.1, -0.05) is 36.7 Å². The molecule has 0 aliphatic carbocycles. The molecule has 1 aliphatic rings. The number of anilines is 1. The molecule has 2 aromatic carbocycles. The number of hydrogen-bond donors (Lipinski definition) is 3. The Morgan fingerprint density at radius 1 is 1.02 bits per heavy atom. The van der Waals surface area contributed by atoms with Gasteiger partial charge in [-0.3, -0.25) is 4.79 Å². The van der Waals surface area contributed by atoms with Crippen molar-refractivity contribution in [3.05, 3.63) is 40.7 Å². The number of nitrogens with zero attached hydrogens (tertiary/aromatic N) is 1. The minimum Gasteiger partial charge on any atom is -0.542 e. The molecule has 0 spiro atoms. The van der Waals surface area contributed by atoms with E-state index in [-0.39, 0.29) is 22.4 Å². The number of carbonyl (C=O) groups excluding carboxylic acids is 1. The first kappa shape index (κ1) is 30.8. The van der Waals surface area contributed by atoms with Gasteiger partial charge in [0.1, 0.15) is 11.4 Å². The zero-order chi connectivity index (χ0) is 31.6. The zero-order valence-electron chi connectivity index (χ0n) is 25.9. The average molecular weight is 673 g/mol. The molecule has 0 fully saturated rings. The number of benzene rings is 2. The number of H-pyrrole nitrogens is 2. The van der Waals surface area contributed by atoms with Gasteiger partial charge < -0.3 is 38.6 Å². The summed E-state index contributed by atoms with van der Waals surface area (Å²) in [6.45, 7) is 12.9. The van der Waals surface area contributed by atoms with Gasteiger partial charge in [0.25, 0.3) is 14.2 Å². The summed E-state index contributed by atoms with van der Waals surface area (Å²) in [5.41, 5.74) is 3.78. The average Bonchev–Trinajstić information content (AvgIpc) is 3.63. The van der Waals surface area contributed by atoms with Crippen LogP contribution in [0.2, 0.25) is 18.1 Å². The van der Waals surface area contributed by atoms with E-state index in [1.54, 1.807) is 31.1 Å². The number of hydrogen-bond acceptors (Lipinski definition) is 6. The SMILES string of the molecule is COc1cc2cc(C(=O)N3CC(CBr)c4c3cc(O[Si](C)(C)C(C)(C)C)c3[nH]c(C)c(C(=O)O)c43)[nH]c2c(OC)c1OC. The van der Waals surface area contributed by atoms with Crippen molar-refractivity contribution >= 4 is 63.6 Å². The van der Waals surface area contributed by atoms with Gasteiger partial charge in [-0.05, 0) is 42.8 Å². The van der Waals surface area contributed by atoms with Crippen molar-refractivity contribution in [2.75, 3.05) is 38.1 Å². The van der Waals surface area contributed by atoms with Crippen LogP contribution in [0.4, 0.5) is 5.69 Å². The lowest BCUT2D eigenvalue weighted by atomic mass is 9.96. The maximum Gasteiger partial charge on any atom is 0.338 e. The molecule has 10 nitrogen and oxygen atoms in total. The minimum absolute atomic E-state index is 0.102. The number of aryl methyl sites for hydroxylation is 1. The number of methoxy groups -OCH3 is 3. The standard InChI is InChI=1S/C31H38BrN3O7Si/c1-15-22(30(37)38)24-23-17(13-32)14-35(19(23)12-20(26(24)33-15)42-43(8,9)31(2,3)4)29(36)18-10-16-11-21(39-5)27(40-6)28(41-7)25(16)34-18/h10-12,17,33-34H,13-14H2,1-9H3,(H,37,38). The smallest absolute Gasteiger partial charge is 0.338 e. The Balaban J connectivity index is 1.73. The normalized spacial score (nSPS) is 15.2. The Hall–Kier alpha value is -3.64. The van der Waals surface area contributed by atoms with Crippen LogP contribution in [0, 0.1) is 6.92 Å². The first-order valence-corrected chi connectivity index (χ1v) is 18.0. The summed E-state index contributed by atoms with van der Waals surface area (Å²) in [4.78, 5) is 35.1. The molecule has 1 aliphatic heterocycles. The summed E-state index contributed by atoms with van der Waals surface area (Å²) >= 11 is 3.63. The van der Waals surface area contributed by atoms with Gasteiger partial charge in [0.05, 0.1) is 43.6 Å². The van der Waals surface area contributed by atoms with E-state index in [1.807, 2.05) is 6.07 Å². The van der Waals surface area contributed by atoms with Gasteiger partial charge in [0, 0.05) is 40.3 Å². The van der Waals surface area contributed by atoms with Gasteiger partial charge in [-0.15, -0.1) is 0 Å². The number of carboxylic acids is 1. The van der Waals surface area contributed by atoms with E-state index >= 15 is 0 Å². The Kier molecular flexibility index (Phi) is 7.75. The van der Waals surface area contributed by atoms with Crippen LogP contribution in [-0.4, -0.2) is 68.5 Å². The van der Waals surface area contributed by atoms with Gasteiger partial charge >= 0.3 is 5.97 Å². The fourth-order valence-electron chi connectivity index (χ4n) is 5.63. The highest BCUT2D eigenvalue weighted by molar-refractivity contribution is 9.09. The molecular weight excluding hydrogens is 634 g/mol. The van der Waals surface area contributed by atoms with Crippen molar-refractivity contribution in [2.24, 2.45) is 0 Å². The van der Waals surface area contributed by atoms with E-state index in [1.165, 1.54) is 14.2 Å². The predicted octanol–water partition coefficient (Wildman–Crippen LogP) is 7.20. The van der Waals surface area contributed by atoms with Gasteiger partial charge in [0.2, 0.25) is 5.75 Å². The number of carboxylic acid groups (broad SMARTS) is 1. The van der Waals surface area contributed by atoms with Crippen molar-refractivity contribution < 1.29 is 33.3 Å². The second-order valence-electron chi connectivity index (χ2n) is 12.4. The molecule has 1 amide bonds. The third-order valence-corrected chi connectivity index (χ3v) is 13.9. The van der Waals surface area contributed by atoms with Crippen molar-refractivity contribution in [1.82, 2.24) is 9.97 Å². The molecule has 5 rings (SSSR count). The number of amides is 1. The molecule has 0 saturated carbocycles. The molecular formula is C31H38BrN3O7Si. The Bertz CT molecular complexity index is 1770. The van der Waals surface area contributed by atoms with Crippen LogP contribution < -0.4 is 23.5 Å². The Morgan fingerprint density at radius 3 is 2.26 bits per heavy atom. The molecule has 1 atom stereocenters. The molecule has 43 heavy (non-hydrogen) atoms. The fourth-order valence-corrected chi connectivity index (χ4v) is 7.17. The van der Waals surface area contributed by atoms with Gasteiger partial charge in [0.15, 0.2) is 11.5 Å². The molecule has 0 saturated heterocycles. The van der Waals surface area contributed by atoms with Crippen LogP contribution in [0.1, 0.15) is 58.8 Å². The van der Waals surface area contributed by atoms with E-state index in [0.29, 0.717) is 68.4 Å². The molecule has 3 N–H and O–H groups in total. The topological polar surface area (TPSA) is 126 Å². The first-order chi connectivity index (χ1) is 20.2. The van der Waals surface area contributed by atoms with E-state index in [4.69, 9.17) is 18.6 Å². The van der Waals surface area contributed by atoms with Crippen LogP contribution in [-0.2, 0) is 0 Å². The molecule has 3 heterocycles. The number of fused-ring (bicyclic) bond motifs is 4. The summed E-state index contributed by atoms with van der Waals surface area (Å²) in [6.07, 6.45) is 0. The van der Waals surface area contributed by atoms with Crippen molar-refractivity contribution in [1.29, 1.82) is 0 Å². The quantitative estimate of drug-likeness (QED) is 0.134. The summed E-state index contributed by atoms with van der Waals surface area (Å²) in [5, 5.41) is 12.0. The largest absolute Gasteiger partial charge is 0.542 e. The lowest BCUT2D eigenvalue weighted by Crippen LogP contribution is -2.44. The number of halogens is 1. The summed E-state index contributed by atoms with van der Waals surface area (Å²) in [5.74, 6) is 0.448. The molecule has 1 unspecified atom stereocenters. The first-order valence-electron chi connectivity index (χ1n) is 14.0. The lowest BCUT2D eigenvalue weighted by molar-refractivity contribution is 0.0698. The zero-order valence-corrected chi connectivity index (χ0v) is 28.5. The highest BCUT2D eigenvalue weighted by atomic mass is 79.9. The molecule has 0 radical (unpaired) electrons. The fraction of sp³-hybridized carbons (Fsp3) is 0.419. The number of aromatic carboxylic acids is 1. The predicted molar refractivity (Wildman–Crippen MR) is 174 cm³/mol.